The van der Waals surface area contributed by atoms with Gasteiger partial charge in [-0.2, -0.15) is 0 Å². The minimum atomic E-state index is -0.0692. The number of nitrogens with one attached hydrogen (secondary N) is 1. The van der Waals surface area contributed by atoms with Crippen molar-refractivity contribution in [2.24, 2.45) is 5.92 Å². The maximum Gasteiger partial charge on any atom is 0.172 e. The number of likely N-dealkylation sites (N-methyl/N-ethyl adjacent to an activating group) is 1. The molecule has 1 rings (SSSR count). The molecule has 1 aliphatic rings. The molecule has 1 N–H and O–H groups in total. The number of hydrogen-bond acceptors (Lipinski definition) is 3. The summed E-state index contributed by atoms with van der Waals surface area (Å²) in [6.07, 6.45) is 3.90. The molecule has 1 saturated carbocycles. The van der Waals surface area contributed by atoms with Crippen LogP contribution in [0.4, 0.5) is 0 Å². The molecule has 0 aromatic carbocycles. The van der Waals surface area contributed by atoms with Crippen LogP contribution in [-0.4, -0.2) is 32.6 Å². The van der Waals surface area contributed by atoms with Crippen molar-refractivity contribution in [1.29, 1.82) is 0 Å². The second-order valence-electron chi connectivity index (χ2n) is 3.78. The smallest absolute Gasteiger partial charge is 0.172 e. The van der Waals surface area contributed by atoms with Gasteiger partial charge < -0.3 is 14.8 Å². The molecule has 0 aliphatic heterocycles. The van der Waals surface area contributed by atoms with Crippen molar-refractivity contribution in [1.82, 2.24) is 5.32 Å². The van der Waals surface area contributed by atoms with Gasteiger partial charge in [0.2, 0.25) is 0 Å². The zero-order valence-electron chi connectivity index (χ0n) is 9.58. The zero-order valence-corrected chi connectivity index (χ0v) is 9.58. The fourth-order valence-corrected chi connectivity index (χ4v) is 1.98. The van der Waals surface area contributed by atoms with Crippen molar-refractivity contribution in [2.75, 3.05) is 20.3 Å². The van der Waals surface area contributed by atoms with Crippen LogP contribution in [0.25, 0.3) is 0 Å². The van der Waals surface area contributed by atoms with Gasteiger partial charge in [-0.1, -0.05) is 6.42 Å². The van der Waals surface area contributed by atoms with Crippen LogP contribution < -0.4 is 5.32 Å². The van der Waals surface area contributed by atoms with E-state index < -0.39 is 0 Å². The quantitative estimate of drug-likeness (QED) is 0.637. The molecular weight excluding hydrogens is 178 g/mol. The SMILES string of the molecule is CCOC(OCC)C(NC)C1CCC1. The van der Waals surface area contributed by atoms with Crippen molar-refractivity contribution in [2.45, 2.75) is 45.4 Å². The van der Waals surface area contributed by atoms with Gasteiger partial charge in [0, 0.05) is 13.2 Å². The Morgan fingerprint density at radius 2 is 1.79 bits per heavy atom. The minimum Gasteiger partial charge on any atom is -0.351 e. The Hall–Kier alpha value is -0.120. The predicted octanol–water partition coefficient (Wildman–Crippen LogP) is 1.77. The highest BCUT2D eigenvalue weighted by Crippen LogP contribution is 2.31. The van der Waals surface area contributed by atoms with E-state index >= 15 is 0 Å². The topological polar surface area (TPSA) is 30.5 Å². The van der Waals surface area contributed by atoms with Gasteiger partial charge in [-0.3, -0.25) is 0 Å². The molecule has 0 amide bonds. The van der Waals surface area contributed by atoms with E-state index in [2.05, 4.69) is 5.32 Å². The van der Waals surface area contributed by atoms with Crippen LogP contribution in [0.1, 0.15) is 33.1 Å². The Labute approximate surface area is 87.2 Å². The van der Waals surface area contributed by atoms with E-state index in [-0.39, 0.29) is 6.29 Å². The molecule has 3 nitrogen and oxygen atoms in total. The van der Waals surface area contributed by atoms with E-state index in [0.29, 0.717) is 6.04 Å². The summed E-state index contributed by atoms with van der Waals surface area (Å²) in [7, 11) is 1.99. The van der Waals surface area contributed by atoms with Gasteiger partial charge >= 0.3 is 0 Å². The average Bonchev–Trinajstić information content (AvgIpc) is 2.10. The molecule has 0 bridgehead atoms. The molecule has 0 radical (unpaired) electrons. The zero-order chi connectivity index (χ0) is 10.4. The molecule has 84 valence electrons. The van der Waals surface area contributed by atoms with Gasteiger partial charge in [-0.25, -0.2) is 0 Å². The Balaban J connectivity index is 2.43. The van der Waals surface area contributed by atoms with Crippen molar-refractivity contribution >= 4 is 0 Å². The van der Waals surface area contributed by atoms with Crippen molar-refractivity contribution in [3.8, 4) is 0 Å². The summed E-state index contributed by atoms with van der Waals surface area (Å²) < 4.78 is 11.2. The lowest BCUT2D eigenvalue weighted by Gasteiger charge is -2.37. The van der Waals surface area contributed by atoms with E-state index in [1.807, 2.05) is 20.9 Å². The molecule has 1 fully saturated rings. The number of hydrogen-bond donors (Lipinski definition) is 1. The Bertz CT molecular complexity index is 142. The van der Waals surface area contributed by atoms with Crippen LogP contribution in [0.15, 0.2) is 0 Å². The van der Waals surface area contributed by atoms with Gasteiger partial charge in [0.05, 0.1) is 6.04 Å². The van der Waals surface area contributed by atoms with Gasteiger partial charge in [0.25, 0.3) is 0 Å². The second kappa shape index (κ2) is 6.38. The summed E-state index contributed by atoms with van der Waals surface area (Å²) in [5, 5.41) is 3.32. The van der Waals surface area contributed by atoms with Gasteiger partial charge in [-0.15, -0.1) is 0 Å². The predicted molar refractivity (Wildman–Crippen MR) is 57.2 cm³/mol. The first kappa shape index (κ1) is 12.0. The van der Waals surface area contributed by atoms with Crippen molar-refractivity contribution in [3.63, 3.8) is 0 Å². The van der Waals surface area contributed by atoms with E-state index in [0.717, 1.165) is 19.1 Å². The Morgan fingerprint density at radius 3 is 2.07 bits per heavy atom. The maximum atomic E-state index is 5.61. The molecule has 0 aromatic heterocycles. The largest absolute Gasteiger partial charge is 0.351 e. The third-order valence-corrected chi connectivity index (χ3v) is 2.95. The molecule has 0 heterocycles. The summed E-state index contributed by atoms with van der Waals surface area (Å²) in [6.45, 7) is 5.46. The lowest BCUT2D eigenvalue weighted by atomic mass is 9.79. The summed E-state index contributed by atoms with van der Waals surface area (Å²) in [4.78, 5) is 0. The fraction of sp³-hybridized carbons (Fsp3) is 1.00. The fourth-order valence-electron chi connectivity index (χ4n) is 1.98. The van der Waals surface area contributed by atoms with Crippen LogP contribution in [0.3, 0.4) is 0 Å². The van der Waals surface area contributed by atoms with Crippen LogP contribution >= 0.6 is 0 Å². The standard InChI is InChI=1S/C11H23NO2/c1-4-13-11(14-5-2)10(12-3)9-7-6-8-9/h9-12H,4-8H2,1-3H3. The van der Waals surface area contributed by atoms with Crippen LogP contribution in [0, 0.1) is 5.92 Å². The molecular formula is C11H23NO2. The molecule has 1 unspecified atom stereocenters. The van der Waals surface area contributed by atoms with Crippen LogP contribution in [0.5, 0.6) is 0 Å². The molecule has 14 heavy (non-hydrogen) atoms. The summed E-state index contributed by atoms with van der Waals surface area (Å²) >= 11 is 0. The molecule has 0 aromatic rings. The lowest BCUT2D eigenvalue weighted by molar-refractivity contribution is -0.166. The third kappa shape index (κ3) is 2.94. The normalized spacial score (nSPS) is 19.7. The number of ether oxygens (including phenoxy) is 2. The van der Waals surface area contributed by atoms with Gasteiger partial charge in [0.15, 0.2) is 6.29 Å². The van der Waals surface area contributed by atoms with E-state index in [9.17, 15) is 0 Å². The van der Waals surface area contributed by atoms with Gasteiger partial charge in [0.1, 0.15) is 0 Å². The Kier molecular flexibility index (Phi) is 5.45. The molecule has 3 heteroatoms. The van der Waals surface area contributed by atoms with Crippen molar-refractivity contribution in [3.05, 3.63) is 0 Å². The Morgan fingerprint density at radius 1 is 1.21 bits per heavy atom. The van der Waals surface area contributed by atoms with Crippen LogP contribution in [0.2, 0.25) is 0 Å². The summed E-state index contributed by atoms with van der Waals surface area (Å²) in [6, 6.07) is 0.364. The summed E-state index contributed by atoms with van der Waals surface area (Å²) in [5.74, 6) is 0.739. The highest BCUT2D eigenvalue weighted by atomic mass is 16.7. The first-order valence-electron chi connectivity index (χ1n) is 5.73. The van der Waals surface area contributed by atoms with E-state index in [4.69, 9.17) is 9.47 Å². The van der Waals surface area contributed by atoms with Crippen LogP contribution in [-0.2, 0) is 9.47 Å². The number of rotatable bonds is 7. The first-order valence-corrected chi connectivity index (χ1v) is 5.73. The lowest BCUT2D eigenvalue weighted by Crippen LogP contribution is -2.48. The second-order valence-corrected chi connectivity index (χ2v) is 3.78. The van der Waals surface area contributed by atoms with E-state index in [1.54, 1.807) is 0 Å². The molecule has 1 aliphatic carbocycles. The molecule has 0 saturated heterocycles. The first-order chi connectivity index (χ1) is 6.83. The highest BCUT2D eigenvalue weighted by Gasteiger charge is 2.33. The summed E-state index contributed by atoms with van der Waals surface area (Å²) in [5.41, 5.74) is 0. The molecule has 0 spiro atoms. The highest BCUT2D eigenvalue weighted by molar-refractivity contribution is 4.84. The van der Waals surface area contributed by atoms with Crippen molar-refractivity contribution < 1.29 is 9.47 Å². The minimum absolute atomic E-state index is 0.0692. The molecule has 1 atom stereocenters. The monoisotopic (exact) mass is 201 g/mol. The maximum absolute atomic E-state index is 5.61. The third-order valence-electron chi connectivity index (χ3n) is 2.95. The van der Waals surface area contributed by atoms with E-state index in [1.165, 1.54) is 19.3 Å². The van der Waals surface area contributed by atoms with Gasteiger partial charge in [-0.05, 0) is 39.7 Å². The average molecular weight is 201 g/mol.